The highest BCUT2D eigenvalue weighted by Gasteiger charge is 2.48. The number of likely N-dealkylation sites (tertiary alicyclic amines) is 1. The maximum absolute atomic E-state index is 12.8. The van der Waals surface area contributed by atoms with E-state index in [1.807, 2.05) is 24.0 Å². The van der Waals surface area contributed by atoms with E-state index in [2.05, 4.69) is 0 Å². The molecule has 1 aromatic carbocycles. The minimum absolute atomic E-state index is 0. The minimum Gasteiger partial charge on any atom is -0.338 e. The van der Waals surface area contributed by atoms with Crippen LogP contribution in [0.4, 0.5) is 0 Å². The molecule has 128 valence electrons. The van der Waals surface area contributed by atoms with Gasteiger partial charge in [-0.1, -0.05) is 35.3 Å². The third-order valence-electron chi connectivity index (χ3n) is 4.93. The van der Waals surface area contributed by atoms with E-state index >= 15 is 0 Å². The van der Waals surface area contributed by atoms with Gasteiger partial charge in [0.2, 0.25) is 5.91 Å². The molecule has 0 bridgehead atoms. The maximum Gasteiger partial charge on any atom is 0.226 e. The van der Waals surface area contributed by atoms with Gasteiger partial charge in [0, 0.05) is 24.5 Å². The van der Waals surface area contributed by atoms with E-state index in [-0.39, 0.29) is 42.2 Å². The average molecular weight is 378 g/mol. The summed E-state index contributed by atoms with van der Waals surface area (Å²) in [7, 11) is 0. The molecule has 0 spiro atoms. The second-order valence-corrected chi connectivity index (χ2v) is 7.33. The second-order valence-electron chi connectivity index (χ2n) is 6.55. The molecule has 6 heteroatoms. The lowest BCUT2D eigenvalue weighted by Gasteiger charge is -2.38. The molecule has 1 saturated carbocycles. The summed E-state index contributed by atoms with van der Waals surface area (Å²) in [4.78, 5) is 14.9. The van der Waals surface area contributed by atoms with Crippen LogP contribution < -0.4 is 5.73 Å². The van der Waals surface area contributed by atoms with Gasteiger partial charge in [0.05, 0.1) is 10.0 Å². The van der Waals surface area contributed by atoms with Gasteiger partial charge in [0.25, 0.3) is 0 Å². The van der Waals surface area contributed by atoms with Crippen molar-refractivity contribution in [2.45, 2.75) is 50.6 Å². The SMILES string of the molecule is CC(N)C1CCCCN1C(=O)C1CC1c1cccc(Cl)c1Cl.Cl. The fraction of sp³-hybridized carbons (Fsp3) is 0.588. The number of nitrogens with zero attached hydrogens (tertiary/aromatic N) is 1. The molecule has 1 amide bonds. The Labute approximate surface area is 153 Å². The highest BCUT2D eigenvalue weighted by atomic mass is 35.5. The standard InChI is InChI=1S/C17H22Cl2N2O.ClH/c1-10(20)15-7-2-3-8-21(15)17(22)13-9-12(13)11-5-4-6-14(18)16(11)19;/h4-6,10,12-13,15H,2-3,7-9,20H2,1H3;1H. The zero-order valence-corrected chi connectivity index (χ0v) is 15.5. The number of nitrogens with two attached hydrogens (primary N) is 1. The molecule has 0 radical (unpaired) electrons. The number of piperidine rings is 1. The van der Waals surface area contributed by atoms with E-state index in [1.165, 1.54) is 0 Å². The summed E-state index contributed by atoms with van der Waals surface area (Å²) >= 11 is 12.4. The lowest BCUT2D eigenvalue weighted by Crippen LogP contribution is -2.52. The van der Waals surface area contributed by atoms with Gasteiger partial charge in [-0.05, 0) is 50.2 Å². The van der Waals surface area contributed by atoms with Crippen molar-refractivity contribution in [3.05, 3.63) is 33.8 Å². The van der Waals surface area contributed by atoms with Crippen LogP contribution in [0.1, 0.15) is 44.1 Å². The number of hydrogen-bond donors (Lipinski definition) is 1. The van der Waals surface area contributed by atoms with E-state index in [0.717, 1.165) is 37.8 Å². The summed E-state index contributed by atoms with van der Waals surface area (Å²) in [5.74, 6) is 0.479. The summed E-state index contributed by atoms with van der Waals surface area (Å²) in [6.07, 6.45) is 4.11. The Morgan fingerprint density at radius 2 is 2.09 bits per heavy atom. The van der Waals surface area contributed by atoms with Gasteiger partial charge in [0.15, 0.2) is 0 Å². The zero-order valence-electron chi connectivity index (χ0n) is 13.2. The Hall–Kier alpha value is -0.480. The van der Waals surface area contributed by atoms with Gasteiger partial charge in [-0.25, -0.2) is 0 Å². The van der Waals surface area contributed by atoms with Crippen molar-refractivity contribution in [3.63, 3.8) is 0 Å². The predicted molar refractivity (Wildman–Crippen MR) is 97.6 cm³/mol. The molecular weight excluding hydrogens is 355 g/mol. The molecule has 4 unspecified atom stereocenters. The van der Waals surface area contributed by atoms with Gasteiger partial charge in [0.1, 0.15) is 0 Å². The normalized spacial score (nSPS) is 28.0. The summed E-state index contributed by atoms with van der Waals surface area (Å²) in [5.41, 5.74) is 7.07. The number of halogens is 3. The average Bonchev–Trinajstić information content (AvgIpc) is 3.29. The highest BCUT2D eigenvalue weighted by Crippen LogP contribution is 2.51. The van der Waals surface area contributed by atoms with Gasteiger partial charge in [-0.3, -0.25) is 4.79 Å². The minimum atomic E-state index is 0. The number of benzene rings is 1. The Bertz CT molecular complexity index is 579. The number of carbonyl (C=O) groups excluding carboxylic acids is 1. The Morgan fingerprint density at radius 3 is 2.78 bits per heavy atom. The predicted octanol–water partition coefficient (Wildman–Crippen LogP) is 4.25. The number of amides is 1. The first-order chi connectivity index (χ1) is 10.5. The smallest absolute Gasteiger partial charge is 0.226 e. The lowest BCUT2D eigenvalue weighted by atomic mass is 9.96. The van der Waals surface area contributed by atoms with Gasteiger partial charge in [-0.2, -0.15) is 0 Å². The molecule has 4 atom stereocenters. The van der Waals surface area contributed by atoms with Crippen molar-refractivity contribution in [2.75, 3.05) is 6.54 Å². The fourth-order valence-corrected chi connectivity index (χ4v) is 4.06. The molecule has 2 aliphatic rings. The van der Waals surface area contributed by atoms with E-state index in [4.69, 9.17) is 28.9 Å². The molecule has 2 fully saturated rings. The Balaban J connectivity index is 0.00000192. The first kappa shape index (κ1) is 18.9. The molecule has 0 aromatic heterocycles. The molecular formula is C17H23Cl3N2O. The summed E-state index contributed by atoms with van der Waals surface area (Å²) in [6.45, 7) is 2.83. The molecule has 1 heterocycles. The highest BCUT2D eigenvalue weighted by molar-refractivity contribution is 6.42. The molecule has 1 aliphatic heterocycles. The first-order valence-electron chi connectivity index (χ1n) is 8.00. The van der Waals surface area contributed by atoms with Crippen molar-refractivity contribution in [2.24, 2.45) is 11.7 Å². The third kappa shape index (κ3) is 3.79. The van der Waals surface area contributed by atoms with Crippen LogP contribution in [0.5, 0.6) is 0 Å². The van der Waals surface area contributed by atoms with E-state index in [1.54, 1.807) is 6.07 Å². The second kappa shape index (κ2) is 7.60. The molecule has 1 aromatic rings. The summed E-state index contributed by atoms with van der Waals surface area (Å²) in [5, 5.41) is 1.15. The van der Waals surface area contributed by atoms with Crippen molar-refractivity contribution in [1.82, 2.24) is 4.90 Å². The van der Waals surface area contributed by atoms with Crippen molar-refractivity contribution in [3.8, 4) is 0 Å². The van der Waals surface area contributed by atoms with Gasteiger partial charge < -0.3 is 10.6 Å². The maximum atomic E-state index is 12.8. The van der Waals surface area contributed by atoms with E-state index < -0.39 is 0 Å². The topological polar surface area (TPSA) is 46.3 Å². The van der Waals surface area contributed by atoms with E-state index in [9.17, 15) is 4.79 Å². The largest absolute Gasteiger partial charge is 0.338 e. The van der Waals surface area contributed by atoms with Crippen LogP contribution in [0.15, 0.2) is 18.2 Å². The van der Waals surface area contributed by atoms with Crippen LogP contribution >= 0.6 is 35.6 Å². The zero-order chi connectivity index (χ0) is 15.9. The van der Waals surface area contributed by atoms with Gasteiger partial charge in [-0.15, -0.1) is 12.4 Å². The molecule has 3 rings (SSSR count). The number of rotatable bonds is 3. The van der Waals surface area contributed by atoms with Crippen LogP contribution in [0.25, 0.3) is 0 Å². The number of hydrogen-bond acceptors (Lipinski definition) is 2. The summed E-state index contributed by atoms with van der Waals surface area (Å²) in [6, 6.07) is 5.86. The van der Waals surface area contributed by atoms with Crippen molar-refractivity contribution >= 4 is 41.5 Å². The summed E-state index contributed by atoms with van der Waals surface area (Å²) < 4.78 is 0. The van der Waals surface area contributed by atoms with Crippen molar-refractivity contribution < 1.29 is 4.79 Å². The van der Waals surface area contributed by atoms with Crippen LogP contribution in [0.2, 0.25) is 10.0 Å². The van der Waals surface area contributed by atoms with Crippen LogP contribution in [0.3, 0.4) is 0 Å². The molecule has 2 N–H and O–H groups in total. The monoisotopic (exact) mass is 376 g/mol. The van der Waals surface area contributed by atoms with Crippen LogP contribution in [0, 0.1) is 5.92 Å². The van der Waals surface area contributed by atoms with Crippen LogP contribution in [-0.4, -0.2) is 29.4 Å². The Kier molecular flexibility index (Phi) is 6.23. The quantitative estimate of drug-likeness (QED) is 0.856. The van der Waals surface area contributed by atoms with Crippen molar-refractivity contribution in [1.29, 1.82) is 0 Å². The fourth-order valence-electron chi connectivity index (χ4n) is 3.61. The Morgan fingerprint density at radius 1 is 1.35 bits per heavy atom. The lowest BCUT2D eigenvalue weighted by molar-refractivity contribution is -0.136. The van der Waals surface area contributed by atoms with Gasteiger partial charge >= 0.3 is 0 Å². The third-order valence-corrected chi connectivity index (χ3v) is 5.76. The van der Waals surface area contributed by atoms with Crippen LogP contribution in [-0.2, 0) is 4.79 Å². The first-order valence-corrected chi connectivity index (χ1v) is 8.76. The molecule has 23 heavy (non-hydrogen) atoms. The van der Waals surface area contributed by atoms with E-state index in [0.29, 0.717) is 10.0 Å². The molecule has 1 saturated heterocycles. The molecule has 3 nitrogen and oxygen atoms in total. The number of carbonyl (C=O) groups is 1. The molecule has 1 aliphatic carbocycles.